The highest BCUT2D eigenvalue weighted by molar-refractivity contribution is 7.98. The van der Waals surface area contributed by atoms with E-state index >= 15 is 0 Å². The molecular weight excluding hydrogens is 236 g/mol. The molecule has 0 aliphatic heterocycles. The Morgan fingerprint density at radius 1 is 1.35 bits per heavy atom. The molecule has 4 heteroatoms. The van der Waals surface area contributed by atoms with Gasteiger partial charge in [0.05, 0.1) is 13.0 Å². The van der Waals surface area contributed by atoms with E-state index < -0.39 is 0 Å². The van der Waals surface area contributed by atoms with Crippen molar-refractivity contribution in [2.45, 2.75) is 0 Å². The first-order valence-electron chi connectivity index (χ1n) is 5.18. The lowest BCUT2D eigenvalue weighted by molar-refractivity contribution is -0.118. The molecule has 0 saturated carbocycles. The zero-order chi connectivity index (χ0) is 12.5. The van der Waals surface area contributed by atoms with Crippen molar-refractivity contribution in [2.24, 2.45) is 0 Å². The van der Waals surface area contributed by atoms with Crippen molar-refractivity contribution < 1.29 is 14.3 Å². The first-order valence-corrected chi connectivity index (χ1v) is 6.57. The Bertz CT molecular complexity index is 371. The third-order valence-electron chi connectivity index (χ3n) is 2.02. The molecule has 0 bridgehead atoms. The average Bonchev–Trinajstić information content (AvgIpc) is 2.37. The second kappa shape index (κ2) is 7.92. The number of rotatable bonds is 7. The Morgan fingerprint density at radius 2 is 2.06 bits per heavy atom. The molecule has 1 rings (SSSR count). The van der Waals surface area contributed by atoms with Crippen molar-refractivity contribution in [3.05, 3.63) is 35.9 Å². The van der Waals surface area contributed by atoms with Crippen molar-refractivity contribution in [2.75, 3.05) is 25.9 Å². The van der Waals surface area contributed by atoms with Crippen molar-refractivity contribution in [3.8, 4) is 5.75 Å². The number of hydrogen-bond acceptors (Lipinski definition) is 4. The van der Waals surface area contributed by atoms with E-state index in [2.05, 4.69) is 0 Å². The van der Waals surface area contributed by atoms with Crippen LogP contribution in [0.1, 0.15) is 5.56 Å². The molecule has 0 atom stereocenters. The maximum atomic E-state index is 11.4. The number of carbonyl (C=O) groups excluding carboxylic acids is 1. The predicted molar refractivity (Wildman–Crippen MR) is 71.4 cm³/mol. The van der Waals surface area contributed by atoms with E-state index in [0.717, 1.165) is 11.3 Å². The smallest absolute Gasteiger partial charge is 0.181 e. The second-order valence-electron chi connectivity index (χ2n) is 3.33. The lowest BCUT2D eigenvalue weighted by Crippen LogP contribution is -2.04. The first-order chi connectivity index (χ1) is 8.26. The van der Waals surface area contributed by atoms with Crippen LogP contribution in [-0.4, -0.2) is 31.7 Å². The Kier molecular flexibility index (Phi) is 6.43. The van der Waals surface area contributed by atoms with Crippen LogP contribution in [-0.2, 0) is 9.53 Å². The molecular formula is C13H16O3S. The fraction of sp³-hybridized carbons (Fsp3) is 0.308. The summed E-state index contributed by atoms with van der Waals surface area (Å²) in [7, 11) is 1.62. The van der Waals surface area contributed by atoms with Crippen molar-refractivity contribution in [1.29, 1.82) is 0 Å². The number of hydrogen-bond donors (Lipinski definition) is 0. The highest BCUT2D eigenvalue weighted by Crippen LogP contribution is 2.12. The van der Waals surface area contributed by atoms with Crippen LogP contribution in [0.2, 0.25) is 0 Å². The standard InChI is InChI=1S/C13H16O3S/c1-15-13-7-4-11(5-8-13)3-6-12(14)9-16-10-17-2/h3-8H,9-10H2,1-2H3/b6-3+. The minimum absolute atomic E-state index is 0.0325. The van der Waals surface area contributed by atoms with Crippen LogP contribution in [0.3, 0.4) is 0 Å². The van der Waals surface area contributed by atoms with E-state index in [4.69, 9.17) is 9.47 Å². The summed E-state index contributed by atoms with van der Waals surface area (Å²) in [5.74, 6) is 1.31. The molecule has 0 unspecified atom stereocenters. The minimum atomic E-state index is -0.0325. The zero-order valence-electron chi connectivity index (χ0n) is 10.0. The van der Waals surface area contributed by atoms with Gasteiger partial charge in [0.15, 0.2) is 5.78 Å². The molecule has 1 aromatic carbocycles. The third kappa shape index (κ3) is 5.56. The van der Waals surface area contributed by atoms with Crippen LogP contribution in [0, 0.1) is 0 Å². The molecule has 0 N–H and O–H groups in total. The van der Waals surface area contributed by atoms with Crippen molar-refractivity contribution in [3.63, 3.8) is 0 Å². The summed E-state index contributed by atoms with van der Waals surface area (Å²) in [6, 6.07) is 7.50. The fourth-order valence-electron chi connectivity index (χ4n) is 1.18. The van der Waals surface area contributed by atoms with Gasteiger partial charge in [-0.1, -0.05) is 18.2 Å². The van der Waals surface area contributed by atoms with Gasteiger partial charge in [0.25, 0.3) is 0 Å². The highest BCUT2D eigenvalue weighted by atomic mass is 32.2. The largest absolute Gasteiger partial charge is 0.497 e. The average molecular weight is 252 g/mol. The molecule has 0 radical (unpaired) electrons. The molecule has 17 heavy (non-hydrogen) atoms. The van der Waals surface area contributed by atoms with Gasteiger partial charge in [-0.3, -0.25) is 4.79 Å². The third-order valence-corrected chi connectivity index (χ3v) is 2.43. The Labute approximate surface area is 106 Å². The topological polar surface area (TPSA) is 35.5 Å². The Hall–Kier alpha value is -1.26. The quantitative estimate of drug-likeness (QED) is 0.424. The molecule has 0 amide bonds. The van der Waals surface area contributed by atoms with Crippen LogP contribution < -0.4 is 4.74 Å². The van der Waals surface area contributed by atoms with Gasteiger partial charge in [-0.2, -0.15) is 0 Å². The second-order valence-corrected chi connectivity index (χ2v) is 4.14. The minimum Gasteiger partial charge on any atom is -0.497 e. The lowest BCUT2D eigenvalue weighted by Gasteiger charge is -1.99. The van der Waals surface area contributed by atoms with Crippen LogP contribution in [0.4, 0.5) is 0 Å². The van der Waals surface area contributed by atoms with Crippen LogP contribution in [0.25, 0.3) is 6.08 Å². The van der Waals surface area contributed by atoms with Gasteiger partial charge in [0, 0.05) is 0 Å². The van der Waals surface area contributed by atoms with Gasteiger partial charge < -0.3 is 9.47 Å². The number of methoxy groups -OCH3 is 1. The maximum absolute atomic E-state index is 11.4. The van der Waals surface area contributed by atoms with E-state index in [1.807, 2.05) is 30.5 Å². The fourth-order valence-corrected chi connectivity index (χ4v) is 1.43. The number of ether oxygens (including phenoxy) is 2. The van der Waals surface area contributed by atoms with Gasteiger partial charge in [0.2, 0.25) is 0 Å². The molecule has 0 aromatic heterocycles. The molecule has 0 saturated heterocycles. The summed E-state index contributed by atoms with van der Waals surface area (Å²) in [5, 5.41) is 0. The summed E-state index contributed by atoms with van der Waals surface area (Å²) < 4.78 is 10.2. The number of thioether (sulfide) groups is 1. The summed E-state index contributed by atoms with van der Waals surface area (Å²) in [4.78, 5) is 11.4. The van der Waals surface area contributed by atoms with E-state index in [-0.39, 0.29) is 12.4 Å². The molecule has 1 aromatic rings. The highest BCUT2D eigenvalue weighted by Gasteiger charge is 1.96. The molecule has 0 spiro atoms. The summed E-state index contributed by atoms with van der Waals surface area (Å²) in [5.41, 5.74) is 0.962. The number of benzene rings is 1. The zero-order valence-corrected chi connectivity index (χ0v) is 10.8. The molecule has 0 aliphatic carbocycles. The summed E-state index contributed by atoms with van der Waals surface area (Å²) in [6.07, 6.45) is 5.23. The van der Waals surface area contributed by atoms with Gasteiger partial charge in [-0.25, -0.2) is 0 Å². The molecule has 3 nitrogen and oxygen atoms in total. The maximum Gasteiger partial charge on any atom is 0.181 e. The van der Waals surface area contributed by atoms with Gasteiger partial charge >= 0.3 is 0 Å². The Balaban J connectivity index is 2.43. The summed E-state index contributed by atoms with van der Waals surface area (Å²) >= 11 is 1.55. The lowest BCUT2D eigenvalue weighted by atomic mass is 10.2. The van der Waals surface area contributed by atoms with Crippen molar-refractivity contribution >= 4 is 23.6 Å². The van der Waals surface area contributed by atoms with E-state index in [9.17, 15) is 4.79 Å². The van der Waals surface area contributed by atoms with Gasteiger partial charge in [0.1, 0.15) is 12.4 Å². The molecule has 0 aliphatic rings. The van der Waals surface area contributed by atoms with E-state index in [0.29, 0.717) is 5.94 Å². The molecule has 92 valence electrons. The SMILES string of the molecule is COc1ccc(/C=C/C(=O)COCSC)cc1. The molecule has 0 heterocycles. The van der Waals surface area contributed by atoms with Crippen molar-refractivity contribution in [1.82, 2.24) is 0 Å². The van der Waals surface area contributed by atoms with E-state index in [1.54, 1.807) is 24.9 Å². The summed E-state index contributed by atoms with van der Waals surface area (Å²) in [6.45, 7) is 0.132. The van der Waals surface area contributed by atoms with Crippen LogP contribution >= 0.6 is 11.8 Å². The first kappa shape index (κ1) is 13.8. The number of carbonyl (C=O) groups is 1. The molecule has 0 fully saturated rings. The normalized spacial score (nSPS) is 10.7. The monoisotopic (exact) mass is 252 g/mol. The van der Waals surface area contributed by atoms with Gasteiger partial charge in [-0.15, -0.1) is 11.8 Å². The Morgan fingerprint density at radius 3 is 2.65 bits per heavy atom. The van der Waals surface area contributed by atoms with E-state index in [1.165, 1.54) is 6.08 Å². The van der Waals surface area contributed by atoms with Crippen LogP contribution in [0.5, 0.6) is 5.75 Å². The van der Waals surface area contributed by atoms with Crippen LogP contribution in [0.15, 0.2) is 30.3 Å². The predicted octanol–water partition coefficient (Wildman–Crippen LogP) is 2.61. The van der Waals surface area contributed by atoms with Gasteiger partial charge in [-0.05, 0) is 30.0 Å². The number of ketones is 1.